The summed E-state index contributed by atoms with van der Waals surface area (Å²) >= 11 is 6.12. The fourth-order valence-corrected chi connectivity index (χ4v) is 2.23. The zero-order valence-corrected chi connectivity index (χ0v) is 11.9. The van der Waals surface area contributed by atoms with E-state index in [0.717, 1.165) is 11.3 Å². The Balaban J connectivity index is 1.70. The van der Waals surface area contributed by atoms with Crippen LogP contribution in [0, 0.1) is 0 Å². The second-order valence-corrected chi connectivity index (χ2v) is 5.11. The van der Waals surface area contributed by atoms with E-state index < -0.39 is 0 Å². The Morgan fingerprint density at radius 3 is 2.95 bits per heavy atom. The summed E-state index contributed by atoms with van der Waals surface area (Å²) in [7, 11) is 0. The summed E-state index contributed by atoms with van der Waals surface area (Å²) in [5.74, 6) is 0.977. The van der Waals surface area contributed by atoms with Gasteiger partial charge in [0.1, 0.15) is 0 Å². The first-order chi connectivity index (χ1) is 10.2. The summed E-state index contributed by atoms with van der Waals surface area (Å²) in [5, 5.41) is 4.64. The number of hydrogen-bond donors (Lipinski definition) is 2. The topological polar surface area (TPSA) is 93.6 Å². The Hall–Kier alpha value is -2.18. The minimum atomic E-state index is -0.363. The summed E-state index contributed by atoms with van der Waals surface area (Å²) < 4.78 is 5.22. The predicted octanol–water partition coefficient (Wildman–Crippen LogP) is 2.28. The molecule has 0 aliphatic carbocycles. The Labute approximate surface area is 126 Å². The van der Waals surface area contributed by atoms with Crippen LogP contribution in [0.4, 0.5) is 0 Å². The highest BCUT2D eigenvalue weighted by molar-refractivity contribution is 6.31. The number of nitrogens with zero attached hydrogens (tertiary/aromatic N) is 3. The first kappa shape index (κ1) is 13.8. The number of nitrogens with one attached hydrogen (secondary N) is 1. The molecular formula is C14H14ClN5O. The largest absolute Gasteiger partial charge is 0.348 e. The summed E-state index contributed by atoms with van der Waals surface area (Å²) in [5.41, 5.74) is 7.93. The second-order valence-electron chi connectivity index (χ2n) is 4.70. The number of rotatable bonds is 5. The first-order valence-corrected chi connectivity index (χ1v) is 6.89. The molecule has 6 nitrogen and oxygen atoms in total. The molecule has 7 heteroatoms. The minimum Gasteiger partial charge on any atom is -0.348 e. The number of benzene rings is 1. The van der Waals surface area contributed by atoms with Crippen LogP contribution in [-0.2, 0) is 12.8 Å². The lowest BCUT2D eigenvalue weighted by atomic mass is 10.1. The molecule has 0 spiro atoms. The van der Waals surface area contributed by atoms with Crippen LogP contribution >= 0.6 is 11.6 Å². The highest BCUT2D eigenvalue weighted by Gasteiger charge is 2.16. The molecular weight excluding hydrogens is 290 g/mol. The van der Waals surface area contributed by atoms with E-state index in [4.69, 9.17) is 21.9 Å². The lowest BCUT2D eigenvalue weighted by Crippen LogP contribution is -2.14. The van der Waals surface area contributed by atoms with Gasteiger partial charge in [-0.1, -0.05) is 35.0 Å². The molecule has 108 valence electrons. The molecule has 3 rings (SSSR count). The number of halogens is 1. The molecule has 3 N–H and O–H groups in total. The van der Waals surface area contributed by atoms with Gasteiger partial charge < -0.3 is 15.2 Å². The molecule has 0 bridgehead atoms. The molecule has 0 saturated heterocycles. The van der Waals surface area contributed by atoms with E-state index >= 15 is 0 Å². The van der Waals surface area contributed by atoms with Gasteiger partial charge in [0.2, 0.25) is 5.89 Å². The summed E-state index contributed by atoms with van der Waals surface area (Å²) in [6.45, 7) is 0. The third-order valence-electron chi connectivity index (χ3n) is 3.10. The monoisotopic (exact) mass is 303 g/mol. The number of imidazole rings is 1. The molecule has 0 radical (unpaired) electrons. The summed E-state index contributed by atoms with van der Waals surface area (Å²) in [6, 6.07) is 7.21. The average molecular weight is 304 g/mol. The molecule has 0 unspecified atom stereocenters. The molecule has 1 atom stereocenters. The number of aromatic nitrogens is 4. The van der Waals surface area contributed by atoms with Gasteiger partial charge in [0.05, 0.1) is 12.4 Å². The van der Waals surface area contributed by atoms with E-state index in [0.29, 0.717) is 29.6 Å². The van der Waals surface area contributed by atoms with Crippen molar-refractivity contribution in [3.63, 3.8) is 0 Å². The smallest absolute Gasteiger partial charge is 0.243 e. The van der Waals surface area contributed by atoms with Crippen LogP contribution in [0.3, 0.4) is 0 Å². The first-order valence-electron chi connectivity index (χ1n) is 6.51. The predicted molar refractivity (Wildman–Crippen MR) is 77.8 cm³/mol. The molecule has 0 amide bonds. The molecule has 2 heterocycles. The highest BCUT2D eigenvalue weighted by atomic mass is 35.5. The van der Waals surface area contributed by atoms with E-state index in [1.54, 1.807) is 12.5 Å². The van der Waals surface area contributed by atoms with Gasteiger partial charge in [-0.15, -0.1) is 0 Å². The van der Waals surface area contributed by atoms with Crippen molar-refractivity contribution in [1.29, 1.82) is 0 Å². The molecule has 21 heavy (non-hydrogen) atoms. The van der Waals surface area contributed by atoms with Crippen molar-refractivity contribution >= 4 is 11.6 Å². The number of aromatic amines is 1. The maximum Gasteiger partial charge on any atom is 0.243 e. The Kier molecular flexibility index (Phi) is 3.98. The Morgan fingerprint density at radius 2 is 2.19 bits per heavy atom. The summed E-state index contributed by atoms with van der Waals surface area (Å²) in [4.78, 5) is 11.3. The normalized spacial score (nSPS) is 12.5. The fraction of sp³-hybridized carbons (Fsp3) is 0.214. The molecule has 2 aromatic heterocycles. The van der Waals surface area contributed by atoms with Gasteiger partial charge in [-0.2, -0.15) is 4.98 Å². The van der Waals surface area contributed by atoms with Gasteiger partial charge in [0, 0.05) is 29.8 Å². The van der Waals surface area contributed by atoms with Gasteiger partial charge in [-0.25, -0.2) is 4.98 Å². The van der Waals surface area contributed by atoms with Crippen molar-refractivity contribution in [2.45, 2.75) is 18.9 Å². The number of H-pyrrole nitrogens is 1. The highest BCUT2D eigenvalue weighted by Crippen LogP contribution is 2.19. The van der Waals surface area contributed by atoms with Crippen LogP contribution in [0.5, 0.6) is 0 Å². The fourth-order valence-electron chi connectivity index (χ4n) is 2.02. The van der Waals surface area contributed by atoms with E-state index in [1.807, 2.05) is 24.3 Å². The van der Waals surface area contributed by atoms with Crippen LogP contribution in [-0.4, -0.2) is 20.1 Å². The molecule has 0 fully saturated rings. The standard InChI is InChI=1S/C14H14ClN5O/c15-11-4-2-1-3-9(11)5-13-19-14(21-20-13)12(16)6-10-7-17-8-18-10/h1-4,7-8,12H,5-6,16H2,(H,17,18)/t12-/m1/s1. The van der Waals surface area contributed by atoms with Crippen molar-refractivity contribution in [2.24, 2.45) is 5.73 Å². The third kappa shape index (κ3) is 3.29. The van der Waals surface area contributed by atoms with Crippen molar-refractivity contribution in [3.8, 4) is 0 Å². The lowest BCUT2D eigenvalue weighted by Gasteiger charge is -2.03. The van der Waals surface area contributed by atoms with Crippen molar-refractivity contribution in [1.82, 2.24) is 20.1 Å². The van der Waals surface area contributed by atoms with E-state index in [-0.39, 0.29) is 6.04 Å². The molecule has 1 aromatic carbocycles. The summed E-state index contributed by atoms with van der Waals surface area (Å²) in [6.07, 6.45) is 4.41. The van der Waals surface area contributed by atoms with Crippen LogP contribution in [0.2, 0.25) is 5.02 Å². The van der Waals surface area contributed by atoms with Crippen molar-refractivity contribution in [3.05, 3.63) is 64.8 Å². The lowest BCUT2D eigenvalue weighted by molar-refractivity contribution is 0.350. The SMILES string of the molecule is N[C@H](Cc1cnc[nH]1)c1nc(Cc2ccccc2Cl)no1. The zero-order valence-electron chi connectivity index (χ0n) is 11.2. The van der Waals surface area contributed by atoms with Gasteiger partial charge in [0.15, 0.2) is 5.82 Å². The molecule has 0 aliphatic heterocycles. The zero-order chi connectivity index (χ0) is 14.7. The van der Waals surface area contributed by atoms with Gasteiger partial charge in [0.25, 0.3) is 0 Å². The quantitative estimate of drug-likeness (QED) is 0.754. The minimum absolute atomic E-state index is 0.363. The molecule has 3 aromatic rings. The Morgan fingerprint density at radius 1 is 1.33 bits per heavy atom. The van der Waals surface area contributed by atoms with E-state index in [9.17, 15) is 0 Å². The van der Waals surface area contributed by atoms with Crippen molar-refractivity contribution in [2.75, 3.05) is 0 Å². The average Bonchev–Trinajstić information content (AvgIpc) is 3.13. The van der Waals surface area contributed by atoms with Crippen molar-refractivity contribution < 1.29 is 4.52 Å². The maximum atomic E-state index is 6.12. The Bertz CT molecular complexity index is 710. The maximum absolute atomic E-state index is 6.12. The van der Waals surface area contributed by atoms with Crippen LogP contribution in [0.15, 0.2) is 41.3 Å². The van der Waals surface area contributed by atoms with E-state index in [1.165, 1.54) is 0 Å². The van der Waals surface area contributed by atoms with E-state index in [2.05, 4.69) is 20.1 Å². The molecule has 0 aliphatic rings. The van der Waals surface area contributed by atoms with Gasteiger partial charge in [-0.05, 0) is 11.6 Å². The van der Waals surface area contributed by atoms with Gasteiger partial charge >= 0.3 is 0 Å². The van der Waals surface area contributed by atoms with Crippen LogP contribution in [0.1, 0.15) is 29.0 Å². The third-order valence-corrected chi connectivity index (χ3v) is 3.47. The van der Waals surface area contributed by atoms with Crippen LogP contribution in [0.25, 0.3) is 0 Å². The van der Waals surface area contributed by atoms with Gasteiger partial charge in [-0.3, -0.25) is 0 Å². The number of hydrogen-bond acceptors (Lipinski definition) is 5. The molecule has 0 saturated carbocycles. The second kappa shape index (κ2) is 6.07. The number of nitrogens with two attached hydrogens (primary N) is 1. The van der Waals surface area contributed by atoms with Crippen LogP contribution < -0.4 is 5.73 Å².